The van der Waals surface area contributed by atoms with Crippen LogP contribution in [0.3, 0.4) is 0 Å². The van der Waals surface area contributed by atoms with Crippen LogP contribution in [0.5, 0.6) is 0 Å². The van der Waals surface area contributed by atoms with Gasteiger partial charge in [-0.3, -0.25) is 4.79 Å². The van der Waals surface area contributed by atoms with E-state index in [1.807, 2.05) is 0 Å². The summed E-state index contributed by atoms with van der Waals surface area (Å²) < 4.78 is 39.2. The van der Waals surface area contributed by atoms with Gasteiger partial charge < -0.3 is 84.2 Å². The molecule has 11 N–H and O–H groups in total. The van der Waals surface area contributed by atoms with Gasteiger partial charge in [-0.15, -0.1) is 0 Å². The number of hydrogen-bond donors (Lipinski definition) is 10. The number of aliphatic hydroxyl groups is 12. The molecule has 48 heavy (non-hydrogen) atoms. The molecule has 5 aliphatic rings. The Morgan fingerprint density at radius 3 is 1.92 bits per heavy atom. The molecule has 278 valence electrons. The maximum Gasteiger partial charge on any atom is 0.302 e. The van der Waals surface area contributed by atoms with Gasteiger partial charge >= 0.3 is 5.97 Å². The molecule has 0 aromatic rings. The lowest BCUT2D eigenvalue weighted by molar-refractivity contribution is -0.368. The van der Waals surface area contributed by atoms with E-state index in [0.29, 0.717) is 0 Å². The Kier molecular flexibility index (Phi) is 12.7. The second-order valence-electron chi connectivity index (χ2n) is 13.7. The summed E-state index contributed by atoms with van der Waals surface area (Å²) in [6.07, 6.45) is -21.6. The molecule has 3 saturated heterocycles. The molecule has 5 rings (SSSR count). The predicted molar refractivity (Wildman–Crippen MR) is 156 cm³/mol. The lowest BCUT2D eigenvalue weighted by Gasteiger charge is -2.50. The first kappa shape index (κ1) is 38.1. The first-order chi connectivity index (χ1) is 22.7. The number of ether oxygens (including phenoxy) is 7. The molecule has 2 aliphatic carbocycles. The van der Waals surface area contributed by atoms with Crippen molar-refractivity contribution in [2.75, 3.05) is 20.3 Å². The summed E-state index contributed by atoms with van der Waals surface area (Å²) in [4.78, 5) is 11.4. The average Bonchev–Trinajstić information content (AvgIpc) is 3.05. The van der Waals surface area contributed by atoms with Crippen molar-refractivity contribution in [3.63, 3.8) is 0 Å². The van der Waals surface area contributed by atoms with Gasteiger partial charge in [-0.05, 0) is 19.3 Å². The maximum atomic E-state index is 11.4. The Morgan fingerprint density at radius 2 is 1.31 bits per heavy atom. The van der Waals surface area contributed by atoms with E-state index in [4.69, 9.17) is 33.2 Å². The zero-order valence-electron chi connectivity index (χ0n) is 26.8. The number of rotatable bonds is 9. The lowest BCUT2D eigenvalue weighted by atomic mass is 9.72. The van der Waals surface area contributed by atoms with Gasteiger partial charge in [-0.2, -0.15) is 0 Å². The topological polar surface area (TPSA) is 288 Å². The molecule has 0 bridgehead atoms. The Bertz CT molecular complexity index is 1050. The molecule has 0 radical (unpaired) electrons. The van der Waals surface area contributed by atoms with Gasteiger partial charge in [0.25, 0.3) is 0 Å². The molecule has 18 nitrogen and oxygen atoms in total. The molecule has 3 aliphatic heterocycles. The molecular weight excluding hydrogens is 648 g/mol. The van der Waals surface area contributed by atoms with E-state index in [2.05, 4.69) is 0 Å². The van der Waals surface area contributed by atoms with Gasteiger partial charge in [-0.1, -0.05) is 0 Å². The number of carbonyl (C=O) groups excluding carboxylic acids is 1. The Balaban J connectivity index is 1.39. The van der Waals surface area contributed by atoms with Crippen molar-refractivity contribution in [2.24, 2.45) is 11.8 Å². The van der Waals surface area contributed by atoms with Crippen LogP contribution in [0.4, 0.5) is 0 Å². The van der Waals surface area contributed by atoms with Crippen molar-refractivity contribution in [2.45, 2.75) is 149 Å². The number of aliphatic hydroxyl groups excluding tert-OH is 10. The minimum Gasteiger partial charge on any atom is -0.463 e. The third-order valence-electron chi connectivity index (χ3n) is 10.5. The van der Waals surface area contributed by atoms with Gasteiger partial charge in [0, 0.05) is 32.8 Å². The highest BCUT2D eigenvalue weighted by molar-refractivity contribution is 5.65. The van der Waals surface area contributed by atoms with Crippen molar-refractivity contribution >= 4 is 5.97 Å². The van der Waals surface area contributed by atoms with E-state index in [0.717, 1.165) is 6.92 Å². The third-order valence-corrected chi connectivity index (χ3v) is 10.5. The molecule has 0 aromatic carbocycles. The summed E-state index contributed by atoms with van der Waals surface area (Å²) in [5.41, 5.74) is 0. The third kappa shape index (κ3) is 7.99. The van der Waals surface area contributed by atoms with Gasteiger partial charge in [-0.25, -0.2) is 0 Å². The van der Waals surface area contributed by atoms with E-state index < -0.39 is 141 Å². The predicted octanol–water partition coefficient (Wildman–Crippen LogP) is -5.49. The van der Waals surface area contributed by atoms with E-state index in [1.54, 1.807) is 0 Å². The van der Waals surface area contributed by atoms with Crippen molar-refractivity contribution < 1.29 is 89.0 Å². The summed E-state index contributed by atoms with van der Waals surface area (Å²) in [6, 6.07) is 0. The first-order valence-corrected chi connectivity index (χ1v) is 16.4. The van der Waals surface area contributed by atoms with Crippen LogP contribution >= 0.6 is 0 Å². The quantitative estimate of drug-likeness (QED) is 0.0793. The molecule has 2 saturated carbocycles. The summed E-state index contributed by atoms with van der Waals surface area (Å²) in [7, 11) is 1.41. The minimum absolute atomic E-state index is 0.0635. The van der Waals surface area contributed by atoms with E-state index in [9.17, 15) is 55.9 Å². The molecule has 0 amide bonds. The van der Waals surface area contributed by atoms with Crippen molar-refractivity contribution in [3.8, 4) is 0 Å². The second-order valence-corrected chi connectivity index (χ2v) is 13.7. The van der Waals surface area contributed by atoms with Crippen molar-refractivity contribution in [1.82, 2.24) is 0 Å². The SMILES string of the molecule is COC1CC(C2[OH+]C3CC(O)CC(O[C@@H]4O[C@H](COC(C)=O)[C@@H](O)[C@H](O)[C@H]4O)C3CC2O[C@@H]2O[C@H](CO)[C@@H](O)[C@H](O)[C@H]2O)CC(O)C1O. The molecule has 0 aromatic heterocycles. The largest absolute Gasteiger partial charge is 0.463 e. The number of methoxy groups -OCH3 is 1. The van der Waals surface area contributed by atoms with E-state index in [-0.39, 0.29) is 32.1 Å². The van der Waals surface area contributed by atoms with Gasteiger partial charge in [0.05, 0.1) is 36.9 Å². The summed E-state index contributed by atoms with van der Waals surface area (Å²) in [5.74, 6) is -1.57. The number of carbonyl (C=O) groups is 1. The van der Waals surface area contributed by atoms with Crippen LogP contribution < -0.4 is 0 Å². The van der Waals surface area contributed by atoms with E-state index in [1.165, 1.54) is 7.11 Å². The van der Waals surface area contributed by atoms with Crippen LogP contribution in [0.25, 0.3) is 0 Å². The average molecular weight is 700 g/mol. The smallest absolute Gasteiger partial charge is 0.302 e. The van der Waals surface area contributed by atoms with Crippen molar-refractivity contribution in [1.29, 1.82) is 0 Å². The fraction of sp³-hybridized carbons (Fsp3) is 0.967. The molecule has 5 fully saturated rings. The standard InChI is InChI=1S/C30H50O18/c1-10(32)43-9-20-23(37)25(39)27(41)29(48-20)45-16-6-12(33)5-15-13(16)7-18(46-30-26(40)24(38)22(36)19(8-31)47-30)28(44-15)11-3-14(34)21(35)17(4-11)42-2/h11-31,33-41H,3-9H2,1-2H3/p+1/t11?,12?,13?,14?,15?,16?,17?,18?,19-,20-,21?,22-,23-,24+,25+,26-,27-,28?,29-,30-/m1/s1. The lowest BCUT2D eigenvalue weighted by Crippen LogP contribution is -2.64. The van der Waals surface area contributed by atoms with Crippen LogP contribution in [0, 0.1) is 11.8 Å². The van der Waals surface area contributed by atoms with Crippen LogP contribution in [0.1, 0.15) is 39.0 Å². The fourth-order valence-corrected chi connectivity index (χ4v) is 7.80. The number of fused-ring (bicyclic) bond motifs is 1. The summed E-state index contributed by atoms with van der Waals surface area (Å²) in [5, 5.41) is 105. The molecule has 10 unspecified atom stereocenters. The van der Waals surface area contributed by atoms with Crippen LogP contribution in [-0.2, 0) is 33.2 Å². The highest BCUT2D eigenvalue weighted by Gasteiger charge is 2.57. The normalized spacial score (nSPS) is 51.6. The fourth-order valence-electron chi connectivity index (χ4n) is 7.80. The van der Waals surface area contributed by atoms with Crippen LogP contribution in [0.15, 0.2) is 0 Å². The molecule has 0 spiro atoms. The highest BCUT2D eigenvalue weighted by atomic mass is 16.7. The second kappa shape index (κ2) is 16.0. The first-order valence-electron chi connectivity index (χ1n) is 16.4. The summed E-state index contributed by atoms with van der Waals surface area (Å²) in [6.45, 7) is 0.0642. The van der Waals surface area contributed by atoms with Crippen LogP contribution in [-0.4, -0.2) is 192 Å². The Morgan fingerprint density at radius 1 is 0.708 bits per heavy atom. The summed E-state index contributed by atoms with van der Waals surface area (Å²) >= 11 is 0. The highest BCUT2D eigenvalue weighted by Crippen LogP contribution is 2.44. The van der Waals surface area contributed by atoms with Crippen molar-refractivity contribution in [3.05, 3.63) is 0 Å². The van der Waals surface area contributed by atoms with Crippen LogP contribution in [0.2, 0.25) is 0 Å². The van der Waals surface area contributed by atoms with Gasteiger partial charge in [0.2, 0.25) is 0 Å². The Labute approximate surface area is 276 Å². The molecule has 18 heteroatoms. The maximum absolute atomic E-state index is 11.4. The van der Waals surface area contributed by atoms with E-state index >= 15 is 0 Å². The monoisotopic (exact) mass is 699 g/mol. The van der Waals surface area contributed by atoms with Gasteiger partial charge in [0.1, 0.15) is 67.6 Å². The molecule has 3 heterocycles. The zero-order valence-corrected chi connectivity index (χ0v) is 26.8. The minimum atomic E-state index is -1.71. The van der Waals surface area contributed by atoms with Gasteiger partial charge in [0.15, 0.2) is 24.8 Å². The number of esters is 1. The number of hydrogen-bond acceptors (Lipinski definition) is 17. The molecular formula is C30H51O18+. The zero-order chi connectivity index (χ0) is 35.0. The Hall–Kier alpha value is -1.17. The molecule has 20 atom stereocenters.